The van der Waals surface area contributed by atoms with Crippen LogP contribution in [0.5, 0.6) is 5.75 Å². The Labute approximate surface area is 266 Å². The van der Waals surface area contributed by atoms with Gasteiger partial charge in [0.2, 0.25) is 0 Å². The van der Waals surface area contributed by atoms with Gasteiger partial charge in [0.1, 0.15) is 17.0 Å². The number of piperidine rings is 1. The first-order chi connectivity index (χ1) is 21.6. The van der Waals surface area contributed by atoms with Crippen LogP contribution in [0.25, 0.3) is 0 Å². The molecule has 0 unspecified atom stereocenters. The van der Waals surface area contributed by atoms with E-state index in [-0.39, 0.29) is 47.2 Å². The third-order valence-corrected chi connectivity index (χ3v) is 13.5. The fourth-order valence-electron chi connectivity index (χ4n) is 12.7. The average Bonchev–Trinajstić information content (AvgIpc) is 3.43. The van der Waals surface area contributed by atoms with Gasteiger partial charge < -0.3 is 33.5 Å². The Morgan fingerprint density at radius 2 is 1.69 bits per heavy atom. The molecule has 248 valence electrons. The van der Waals surface area contributed by atoms with Gasteiger partial charge in [-0.25, -0.2) is 0 Å². The summed E-state index contributed by atoms with van der Waals surface area (Å²) in [4.78, 5) is 30.7. The molecule has 1 aromatic rings. The first-order valence-corrected chi connectivity index (χ1v) is 16.5. The lowest BCUT2D eigenvalue weighted by Crippen LogP contribution is -2.77. The summed E-state index contributed by atoms with van der Waals surface area (Å²) in [6, 6.07) is 7.02. The molecule has 7 bridgehead atoms. The maximum atomic E-state index is 14.8. The number of hydrogen-bond donors (Lipinski definition) is 1. The summed E-state index contributed by atoms with van der Waals surface area (Å²) in [5, 5.41) is 12.9. The van der Waals surface area contributed by atoms with Crippen molar-refractivity contribution in [1.82, 2.24) is 4.90 Å². The highest BCUT2D eigenvalue weighted by molar-refractivity contribution is 5.99. The zero-order valence-corrected chi connectivity index (χ0v) is 27.6. The molecule has 1 saturated heterocycles. The maximum Gasteiger partial charge on any atom is 0.303 e. The molecular weight excluding hydrogens is 578 g/mol. The first-order valence-electron chi connectivity index (χ1n) is 16.5. The molecular formula is C35H49NO9. The van der Waals surface area contributed by atoms with Crippen molar-refractivity contribution in [2.24, 2.45) is 40.4 Å². The van der Waals surface area contributed by atoms with Gasteiger partial charge in [-0.2, -0.15) is 0 Å². The number of likely N-dealkylation sites (tertiary alicyclic amines) is 1. The van der Waals surface area contributed by atoms with E-state index in [0.717, 1.165) is 25.9 Å². The van der Waals surface area contributed by atoms with E-state index in [1.807, 2.05) is 0 Å². The molecule has 10 heteroatoms. The summed E-state index contributed by atoms with van der Waals surface area (Å²) in [5.41, 5.74) is -2.76. The number of Topliss-reactive ketones (excluding diaryl/α,β-unsaturated/α-hetero) is 1. The number of esters is 1. The van der Waals surface area contributed by atoms with Gasteiger partial charge in [-0.3, -0.25) is 14.5 Å². The van der Waals surface area contributed by atoms with Crippen molar-refractivity contribution in [2.75, 3.05) is 55.2 Å². The SMILES string of the molecule is CCN1C[C@]2(COC)CC[C@H](OC)[C@@]34[C@@H]5C[C@]6(O)[C@@H](OC)C[C@@](OC(C)=O)([C@H]5[C@H]6C(=O)c5ccc(OC)cc5)[C@@H]([C@H](OC)[C@H]23)[C@@H]14. The van der Waals surface area contributed by atoms with Gasteiger partial charge in [-0.1, -0.05) is 6.92 Å². The number of ketones is 1. The molecule has 7 rings (SSSR count). The number of ether oxygens (including phenoxy) is 6. The molecule has 13 atom stereocenters. The van der Waals surface area contributed by atoms with Crippen LogP contribution in [0, 0.1) is 40.4 Å². The Hall–Kier alpha value is -2.08. The molecule has 5 aliphatic carbocycles. The summed E-state index contributed by atoms with van der Waals surface area (Å²) in [5.74, 6) is -1.66. The average molecular weight is 628 g/mol. The van der Waals surface area contributed by atoms with E-state index in [9.17, 15) is 14.7 Å². The topological polar surface area (TPSA) is 113 Å². The Bertz CT molecular complexity index is 1340. The van der Waals surface area contributed by atoms with Crippen molar-refractivity contribution in [2.45, 2.75) is 75.1 Å². The highest BCUT2D eigenvalue weighted by Gasteiger charge is 2.89. The number of carbonyl (C=O) groups excluding carboxylic acids is 2. The highest BCUT2D eigenvalue weighted by Crippen LogP contribution is 2.81. The largest absolute Gasteiger partial charge is 0.497 e. The van der Waals surface area contributed by atoms with Gasteiger partial charge in [-0.05, 0) is 56.0 Å². The van der Waals surface area contributed by atoms with Crippen molar-refractivity contribution >= 4 is 11.8 Å². The molecule has 1 aromatic carbocycles. The number of methoxy groups -OCH3 is 5. The van der Waals surface area contributed by atoms with Gasteiger partial charge in [-0.15, -0.1) is 0 Å². The summed E-state index contributed by atoms with van der Waals surface area (Å²) < 4.78 is 37.3. The van der Waals surface area contributed by atoms with E-state index in [0.29, 0.717) is 30.8 Å². The van der Waals surface area contributed by atoms with Gasteiger partial charge in [0, 0.05) is 88.5 Å². The summed E-state index contributed by atoms with van der Waals surface area (Å²) in [6.07, 6.45) is 1.28. The van der Waals surface area contributed by atoms with Crippen molar-refractivity contribution < 1.29 is 43.1 Å². The lowest BCUT2D eigenvalue weighted by Gasteiger charge is -2.69. The Kier molecular flexibility index (Phi) is 7.51. The number of carbonyl (C=O) groups is 2. The van der Waals surface area contributed by atoms with Crippen molar-refractivity contribution in [3.05, 3.63) is 29.8 Å². The fourth-order valence-corrected chi connectivity index (χ4v) is 12.7. The first kappa shape index (κ1) is 31.5. The van der Waals surface area contributed by atoms with Crippen LogP contribution < -0.4 is 4.74 Å². The third kappa shape index (κ3) is 3.72. The summed E-state index contributed by atoms with van der Waals surface area (Å²) >= 11 is 0. The smallest absolute Gasteiger partial charge is 0.303 e. The molecule has 1 aliphatic heterocycles. The highest BCUT2D eigenvalue weighted by atomic mass is 16.6. The molecule has 10 nitrogen and oxygen atoms in total. The second-order valence-corrected chi connectivity index (χ2v) is 14.6. The van der Waals surface area contributed by atoms with E-state index < -0.39 is 40.5 Å². The molecule has 1 spiro atoms. The normalized spacial score (nSPS) is 47.4. The van der Waals surface area contributed by atoms with Crippen LogP contribution in [0.15, 0.2) is 24.3 Å². The summed E-state index contributed by atoms with van der Waals surface area (Å²) in [6.45, 7) is 5.86. The Morgan fingerprint density at radius 1 is 0.978 bits per heavy atom. The minimum Gasteiger partial charge on any atom is -0.497 e. The van der Waals surface area contributed by atoms with Crippen molar-refractivity contribution in [1.29, 1.82) is 0 Å². The summed E-state index contributed by atoms with van der Waals surface area (Å²) in [7, 11) is 8.52. The van der Waals surface area contributed by atoms with Gasteiger partial charge >= 0.3 is 5.97 Å². The number of rotatable bonds is 10. The van der Waals surface area contributed by atoms with Crippen LogP contribution in [-0.4, -0.2) is 113 Å². The van der Waals surface area contributed by atoms with Crippen LogP contribution >= 0.6 is 0 Å². The molecule has 45 heavy (non-hydrogen) atoms. The predicted molar refractivity (Wildman–Crippen MR) is 163 cm³/mol. The number of fused-ring (bicyclic) bond motifs is 2. The Morgan fingerprint density at radius 3 is 2.27 bits per heavy atom. The Balaban J connectivity index is 1.52. The number of nitrogens with zero attached hydrogens (tertiary/aromatic N) is 1. The second kappa shape index (κ2) is 10.7. The van der Waals surface area contributed by atoms with Gasteiger partial charge in [0.15, 0.2) is 5.78 Å². The fraction of sp³-hybridized carbons (Fsp3) is 0.771. The minimum absolute atomic E-state index is 0.0227. The lowest BCUT2D eigenvalue weighted by atomic mass is 9.42. The van der Waals surface area contributed by atoms with Gasteiger partial charge in [0.05, 0.1) is 37.9 Å². The van der Waals surface area contributed by atoms with Crippen molar-refractivity contribution in [3.63, 3.8) is 0 Å². The molecule has 0 aromatic heterocycles. The number of aliphatic hydroxyl groups is 1. The van der Waals surface area contributed by atoms with E-state index in [2.05, 4.69) is 11.8 Å². The standard InChI is InChI=1S/C35H49NO9/c1-8-36-17-32(18-40-3)14-13-23(42-5)35-22-15-33(39)24(43-6)16-34(45-19(2)37,27(31(35)36)29(44-7)30(32)35)25(22)26(33)28(38)20-9-11-21(41-4)12-10-20/h9-12,22-27,29-31,39H,8,13-18H2,1-7H3/t22-,23+,24+,25-,26+,27+,29+,30-,31-,32+,33+,34-,35+/m1/s1. The third-order valence-electron chi connectivity index (χ3n) is 13.5. The molecule has 1 N–H and O–H groups in total. The lowest BCUT2D eigenvalue weighted by molar-refractivity contribution is -0.277. The molecule has 1 heterocycles. The van der Waals surface area contributed by atoms with Crippen molar-refractivity contribution in [3.8, 4) is 5.75 Å². The predicted octanol–water partition coefficient (Wildman–Crippen LogP) is 2.99. The molecule has 6 aliphatic rings. The quantitative estimate of drug-likeness (QED) is 0.307. The van der Waals surface area contributed by atoms with E-state index >= 15 is 0 Å². The zero-order valence-electron chi connectivity index (χ0n) is 27.6. The van der Waals surface area contributed by atoms with Crippen LogP contribution in [-0.2, 0) is 28.5 Å². The molecule has 6 fully saturated rings. The molecule has 0 amide bonds. The molecule has 5 saturated carbocycles. The van der Waals surface area contributed by atoms with Crippen LogP contribution in [0.3, 0.4) is 0 Å². The van der Waals surface area contributed by atoms with Crippen LogP contribution in [0.4, 0.5) is 0 Å². The number of benzene rings is 1. The monoisotopic (exact) mass is 627 g/mol. The van der Waals surface area contributed by atoms with E-state index in [1.54, 1.807) is 59.8 Å². The van der Waals surface area contributed by atoms with E-state index in [4.69, 9.17) is 28.4 Å². The molecule has 0 radical (unpaired) electrons. The van der Waals surface area contributed by atoms with Crippen LogP contribution in [0.1, 0.15) is 49.9 Å². The minimum atomic E-state index is -1.46. The number of hydrogen-bond acceptors (Lipinski definition) is 10. The maximum absolute atomic E-state index is 14.8. The van der Waals surface area contributed by atoms with Gasteiger partial charge in [0.25, 0.3) is 0 Å². The van der Waals surface area contributed by atoms with E-state index in [1.165, 1.54) is 6.92 Å². The van der Waals surface area contributed by atoms with Crippen LogP contribution in [0.2, 0.25) is 0 Å². The second-order valence-electron chi connectivity index (χ2n) is 14.6. The zero-order chi connectivity index (χ0) is 32.1.